The summed E-state index contributed by atoms with van der Waals surface area (Å²) in [4.78, 5) is 0. The number of aromatic nitrogens is 3. The van der Waals surface area contributed by atoms with Gasteiger partial charge in [-0.2, -0.15) is 0 Å². The van der Waals surface area contributed by atoms with Crippen LogP contribution in [0.4, 0.5) is 10.1 Å². The van der Waals surface area contributed by atoms with Gasteiger partial charge in [-0.05, 0) is 36.8 Å². The minimum absolute atomic E-state index is 0.240. The van der Waals surface area contributed by atoms with Crippen LogP contribution in [0.15, 0.2) is 36.4 Å². The summed E-state index contributed by atoms with van der Waals surface area (Å²) in [5.41, 5.74) is 9.15. The van der Waals surface area contributed by atoms with Gasteiger partial charge in [0.15, 0.2) is 5.65 Å². The number of nitrogens with two attached hydrogens (primary N) is 1. The fourth-order valence-electron chi connectivity index (χ4n) is 2.13. The fourth-order valence-corrected chi connectivity index (χ4v) is 2.13. The lowest BCUT2D eigenvalue weighted by Crippen LogP contribution is -2.01. The van der Waals surface area contributed by atoms with Gasteiger partial charge in [-0.25, -0.2) is 4.39 Å². The Morgan fingerprint density at radius 2 is 1.84 bits per heavy atom. The minimum atomic E-state index is -0.240. The molecule has 0 bridgehead atoms. The number of pyridine rings is 1. The average Bonchev–Trinajstić information content (AvgIpc) is 2.82. The van der Waals surface area contributed by atoms with Gasteiger partial charge >= 0.3 is 0 Å². The molecule has 0 amide bonds. The smallest absolute Gasteiger partial charge is 0.184 e. The molecular weight excluding hydrogens is 243 g/mol. The van der Waals surface area contributed by atoms with Crippen LogP contribution in [-0.2, 0) is 6.42 Å². The van der Waals surface area contributed by atoms with Gasteiger partial charge in [-0.15, -0.1) is 10.2 Å². The molecule has 3 rings (SSSR count). The molecule has 19 heavy (non-hydrogen) atoms. The highest BCUT2D eigenvalue weighted by molar-refractivity contribution is 5.64. The number of nitrogens with zero attached hydrogens (tertiary/aromatic N) is 3. The molecular formula is C14H13FN4. The lowest BCUT2D eigenvalue weighted by Gasteiger charge is -2.05. The largest absolute Gasteiger partial charge is 0.396 e. The van der Waals surface area contributed by atoms with Crippen LogP contribution < -0.4 is 5.73 Å². The molecule has 2 aromatic heterocycles. The number of nitrogen functional groups attached to an aromatic ring is 1. The zero-order chi connectivity index (χ0) is 13.4. The molecule has 0 atom stereocenters. The SMILES string of the molecule is Cc1ccc(N)c2nnc(Cc3ccc(F)cc3)n12. The van der Waals surface area contributed by atoms with E-state index in [1.54, 1.807) is 12.1 Å². The third-order valence-electron chi connectivity index (χ3n) is 3.12. The molecule has 0 saturated carbocycles. The monoisotopic (exact) mass is 256 g/mol. The van der Waals surface area contributed by atoms with Crippen molar-refractivity contribution in [3.8, 4) is 0 Å². The van der Waals surface area contributed by atoms with Crippen molar-refractivity contribution in [2.75, 3.05) is 5.73 Å². The van der Waals surface area contributed by atoms with Crippen molar-refractivity contribution in [3.05, 3.63) is 59.3 Å². The van der Waals surface area contributed by atoms with E-state index < -0.39 is 0 Å². The van der Waals surface area contributed by atoms with Crippen LogP contribution in [0.1, 0.15) is 17.1 Å². The molecule has 3 aromatic rings. The van der Waals surface area contributed by atoms with E-state index in [1.807, 2.05) is 23.5 Å². The van der Waals surface area contributed by atoms with Crippen molar-refractivity contribution in [1.29, 1.82) is 0 Å². The van der Waals surface area contributed by atoms with Crippen molar-refractivity contribution in [3.63, 3.8) is 0 Å². The summed E-state index contributed by atoms with van der Waals surface area (Å²) in [6.07, 6.45) is 0.589. The van der Waals surface area contributed by atoms with Crippen molar-refractivity contribution < 1.29 is 4.39 Å². The van der Waals surface area contributed by atoms with Gasteiger partial charge in [-0.1, -0.05) is 12.1 Å². The molecule has 2 heterocycles. The number of hydrogen-bond donors (Lipinski definition) is 1. The Balaban J connectivity index is 2.06. The first-order chi connectivity index (χ1) is 9.15. The Morgan fingerprint density at radius 1 is 1.11 bits per heavy atom. The molecule has 2 N–H and O–H groups in total. The molecule has 0 radical (unpaired) electrons. The lowest BCUT2D eigenvalue weighted by molar-refractivity contribution is 0.627. The topological polar surface area (TPSA) is 56.2 Å². The van der Waals surface area contributed by atoms with Gasteiger partial charge in [0.05, 0.1) is 5.69 Å². The van der Waals surface area contributed by atoms with Gasteiger partial charge < -0.3 is 5.73 Å². The maximum Gasteiger partial charge on any atom is 0.184 e. The van der Waals surface area contributed by atoms with E-state index in [4.69, 9.17) is 5.73 Å². The fraction of sp³-hybridized carbons (Fsp3) is 0.143. The van der Waals surface area contributed by atoms with E-state index in [0.29, 0.717) is 17.8 Å². The lowest BCUT2D eigenvalue weighted by atomic mass is 10.1. The first kappa shape index (κ1) is 11.6. The molecule has 0 spiro atoms. The normalized spacial score (nSPS) is 11.1. The Morgan fingerprint density at radius 3 is 2.58 bits per heavy atom. The minimum Gasteiger partial charge on any atom is -0.396 e. The van der Waals surface area contributed by atoms with E-state index >= 15 is 0 Å². The summed E-state index contributed by atoms with van der Waals surface area (Å²) >= 11 is 0. The Labute approximate surface area is 109 Å². The highest BCUT2D eigenvalue weighted by atomic mass is 19.1. The van der Waals surface area contributed by atoms with Gasteiger partial charge in [0.25, 0.3) is 0 Å². The molecule has 96 valence electrons. The number of benzene rings is 1. The first-order valence-corrected chi connectivity index (χ1v) is 5.98. The van der Waals surface area contributed by atoms with Crippen LogP contribution in [0.2, 0.25) is 0 Å². The van der Waals surface area contributed by atoms with Gasteiger partial charge in [0.2, 0.25) is 0 Å². The van der Waals surface area contributed by atoms with Crippen LogP contribution in [-0.4, -0.2) is 14.6 Å². The second-order valence-corrected chi connectivity index (χ2v) is 4.51. The maximum absolute atomic E-state index is 12.9. The number of rotatable bonds is 2. The van der Waals surface area contributed by atoms with Gasteiger partial charge in [-0.3, -0.25) is 4.40 Å². The van der Waals surface area contributed by atoms with Crippen LogP contribution in [0, 0.1) is 12.7 Å². The van der Waals surface area contributed by atoms with E-state index in [1.165, 1.54) is 12.1 Å². The van der Waals surface area contributed by atoms with Gasteiger partial charge in [0.1, 0.15) is 11.6 Å². The standard InChI is InChI=1S/C14H13FN4/c1-9-2-7-12(16)14-18-17-13(19(9)14)8-10-3-5-11(15)6-4-10/h2-7H,8,16H2,1H3. The first-order valence-electron chi connectivity index (χ1n) is 5.98. The Hall–Kier alpha value is -2.43. The van der Waals surface area contributed by atoms with Crippen molar-refractivity contribution in [1.82, 2.24) is 14.6 Å². The number of anilines is 1. The molecule has 0 fully saturated rings. The summed E-state index contributed by atoms with van der Waals surface area (Å²) in [6, 6.07) is 10.1. The summed E-state index contributed by atoms with van der Waals surface area (Å²) in [5.74, 6) is 0.557. The van der Waals surface area contributed by atoms with E-state index in [0.717, 1.165) is 17.1 Å². The molecule has 0 unspecified atom stereocenters. The van der Waals surface area contributed by atoms with Crippen molar-refractivity contribution >= 4 is 11.3 Å². The third-order valence-corrected chi connectivity index (χ3v) is 3.12. The van der Waals surface area contributed by atoms with Crippen LogP contribution in [0.3, 0.4) is 0 Å². The van der Waals surface area contributed by atoms with Gasteiger partial charge in [0, 0.05) is 12.1 Å². The Bertz CT molecular complexity index is 731. The van der Waals surface area contributed by atoms with E-state index in [-0.39, 0.29) is 5.82 Å². The molecule has 4 nitrogen and oxygen atoms in total. The van der Waals surface area contributed by atoms with E-state index in [2.05, 4.69) is 10.2 Å². The Kier molecular flexibility index (Phi) is 2.67. The summed E-state index contributed by atoms with van der Waals surface area (Å²) < 4.78 is 14.8. The second-order valence-electron chi connectivity index (χ2n) is 4.51. The second kappa shape index (κ2) is 4.35. The summed E-state index contributed by atoms with van der Waals surface area (Å²) in [7, 11) is 0. The zero-order valence-electron chi connectivity index (χ0n) is 10.5. The molecule has 0 saturated heterocycles. The third kappa shape index (κ3) is 2.03. The van der Waals surface area contributed by atoms with Crippen LogP contribution in [0.5, 0.6) is 0 Å². The van der Waals surface area contributed by atoms with Crippen LogP contribution >= 0.6 is 0 Å². The average molecular weight is 256 g/mol. The number of halogens is 1. The molecule has 0 aliphatic rings. The number of fused-ring (bicyclic) bond motifs is 1. The summed E-state index contributed by atoms with van der Waals surface area (Å²) in [6.45, 7) is 1.98. The maximum atomic E-state index is 12.9. The highest BCUT2D eigenvalue weighted by Crippen LogP contribution is 2.17. The molecule has 5 heteroatoms. The van der Waals surface area contributed by atoms with Crippen molar-refractivity contribution in [2.45, 2.75) is 13.3 Å². The molecule has 1 aromatic carbocycles. The molecule has 0 aliphatic carbocycles. The highest BCUT2D eigenvalue weighted by Gasteiger charge is 2.10. The molecule has 0 aliphatic heterocycles. The van der Waals surface area contributed by atoms with Crippen LogP contribution in [0.25, 0.3) is 5.65 Å². The van der Waals surface area contributed by atoms with E-state index in [9.17, 15) is 4.39 Å². The number of aryl methyl sites for hydroxylation is 1. The van der Waals surface area contributed by atoms with Crippen molar-refractivity contribution in [2.24, 2.45) is 0 Å². The predicted octanol–water partition coefficient (Wildman–Crippen LogP) is 2.35. The quantitative estimate of drug-likeness (QED) is 0.765. The summed E-state index contributed by atoms with van der Waals surface area (Å²) in [5, 5.41) is 8.28. The predicted molar refractivity (Wildman–Crippen MR) is 71.3 cm³/mol. The number of hydrogen-bond acceptors (Lipinski definition) is 3. The zero-order valence-corrected chi connectivity index (χ0v) is 10.5.